The lowest BCUT2D eigenvalue weighted by Gasteiger charge is -2.29. The normalized spacial score (nSPS) is 17.3. The van der Waals surface area contributed by atoms with Gasteiger partial charge in [0.25, 0.3) is 5.91 Å². The molecule has 134 valence electrons. The largest absolute Gasteiger partial charge is 0.382 e. The van der Waals surface area contributed by atoms with Gasteiger partial charge >= 0.3 is 0 Å². The van der Waals surface area contributed by atoms with Crippen molar-refractivity contribution < 1.29 is 13.2 Å². The Kier molecular flexibility index (Phi) is 6.23. The van der Waals surface area contributed by atoms with E-state index in [0.717, 1.165) is 0 Å². The average molecular weight is 353 g/mol. The summed E-state index contributed by atoms with van der Waals surface area (Å²) in [6.07, 6.45) is 6.17. The summed E-state index contributed by atoms with van der Waals surface area (Å²) in [4.78, 5) is 12.3. The van der Waals surface area contributed by atoms with E-state index in [0.29, 0.717) is 17.2 Å². The van der Waals surface area contributed by atoms with Gasteiger partial charge in [-0.15, -0.1) is 0 Å². The predicted molar refractivity (Wildman–Crippen MR) is 95.7 cm³/mol. The molecule has 7 heteroatoms. The van der Waals surface area contributed by atoms with Gasteiger partial charge in [0.05, 0.1) is 10.5 Å². The predicted octanol–water partition coefficient (Wildman–Crippen LogP) is 2.33. The Morgan fingerprint density at radius 3 is 2.42 bits per heavy atom. The third-order valence-corrected chi connectivity index (χ3v) is 6.19. The molecule has 2 rings (SSSR count). The summed E-state index contributed by atoms with van der Waals surface area (Å²) < 4.78 is 26.2. The van der Waals surface area contributed by atoms with Crippen molar-refractivity contribution >= 4 is 21.6 Å². The molecule has 3 N–H and O–H groups in total. The highest BCUT2D eigenvalue weighted by atomic mass is 32.2. The minimum Gasteiger partial charge on any atom is -0.382 e. The van der Waals surface area contributed by atoms with Crippen LogP contribution in [0.3, 0.4) is 0 Å². The zero-order valence-electron chi connectivity index (χ0n) is 14.6. The first-order valence-corrected chi connectivity index (χ1v) is 9.93. The average Bonchev–Trinajstić information content (AvgIpc) is 2.61. The van der Waals surface area contributed by atoms with Crippen LogP contribution in [0.4, 0.5) is 5.69 Å². The summed E-state index contributed by atoms with van der Waals surface area (Å²) >= 11 is 0. The van der Waals surface area contributed by atoms with Crippen molar-refractivity contribution in [2.45, 2.75) is 50.0 Å². The number of nitrogens with one attached hydrogen (secondary N) is 3. The van der Waals surface area contributed by atoms with Crippen LogP contribution in [0.5, 0.6) is 0 Å². The summed E-state index contributed by atoms with van der Waals surface area (Å²) in [6.45, 7) is 2.13. The lowest BCUT2D eigenvalue weighted by Crippen LogP contribution is -2.29. The summed E-state index contributed by atoms with van der Waals surface area (Å²) in [7, 11) is -0.695. The van der Waals surface area contributed by atoms with Crippen LogP contribution in [-0.4, -0.2) is 34.5 Å². The maximum absolute atomic E-state index is 12.2. The second kappa shape index (κ2) is 7.98. The monoisotopic (exact) mass is 353 g/mol. The quantitative estimate of drug-likeness (QED) is 0.732. The van der Waals surface area contributed by atoms with Gasteiger partial charge in [0.15, 0.2) is 0 Å². The first kappa shape index (κ1) is 18.7. The number of anilines is 1. The summed E-state index contributed by atoms with van der Waals surface area (Å²) in [5.74, 6) is 0.276. The summed E-state index contributed by atoms with van der Waals surface area (Å²) in [5, 5.41) is 5.99. The van der Waals surface area contributed by atoms with Crippen LogP contribution in [0.2, 0.25) is 0 Å². The smallest absolute Gasteiger partial charge is 0.253 e. The molecule has 0 aliphatic heterocycles. The molecule has 0 radical (unpaired) electrons. The Morgan fingerprint density at radius 2 is 1.83 bits per heavy atom. The van der Waals surface area contributed by atoms with Crippen molar-refractivity contribution in [3.8, 4) is 0 Å². The van der Waals surface area contributed by atoms with Crippen molar-refractivity contribution in [2.75, 3.05) is 19.4 Å². The Bertz CT molecular complexity index is 682. The Balaban J connectivity index is 2.29. The Morgan fingerprint density at radius 1 is 1.17 bits per heavy atom. The van der Waals surface area contributed by atoms with E-state index in [-0.39, 0.29) is 16.8 Å². The van der Waals surface area contributed by atoms with E-state index in [1.54, 1.807) is 6.07 Å². The third-order valence-electron chi connectivity index (χ3n) is 4.78. The molecule has 1 fully saturated rings. The van der Waals surface area contributed by atoms with Gasteiger partial charge in [-0.05, 0) is 50.9 Å². The molecule has 1 saturated carbocycles. The number of rotatable bonds is 6. The van der Waals surface area contributed by atoms with Gasteiger partial charge in [-0.2, -0.15) is 0 Å². The van der Waals surface area contributed by atoms with Crippen LogP contribution in [0.1, 0.15) is 49.4 Å². The van der Waals surface area contributed by atoms with Crippen LogP contribution in [0.15, 0.2) is 23.1 Å². The highest BCUT2D eigenvalue weighted by Gasteiger charge is 2.23. The Hall–Kier alpha value is -1.60. The fourth-order valence-corrected chi connectivity index (χ4v) is 4.01. The van der Waals surface area contributed by atoms with E-state index in [1.165, 1.54) is 58.3 Å². The van der Waals surface area contributed by atoms with Crippen LogP contribution in [0.25, 0.3) is 0 Å². The third kappa shape index (κ3) is 4.27. The second-order valence-electron chi connectivity index (χ2n) is 6.33. The maximum Gasteiger partial charge on any atom is 0.253 e. The minimum absolute atomic E-state index is 0.0828. The van der Waals surface area contributed by atoms with E-state index < -0.39 is 10.0 Å². The van der Waals surface area contributed by atoms with Crippen LogP contribution in [-0.2, 0) is 10.0 Å². The van der Waals surface area contributed by atoms with Gasteiger partial charge in [0.2, 0.25) is 10.0 Å². The Labute approximate surface area is 144 Å². The van der Waals surface area contributed by atoms with Gasteiger partial charge in [-0.3, -0.25) is 4.79 Å². The zero-order valence-corrected chi connectivity index (χ0v) is 15.4. The zero-order chi connectivity index (χ0) is 17.7. The SMILES string of the molecule is CNC(=O)c1cc(S(=O)(=O)NC)ccc1NC(C)C1CCCCC1. The molecule has 0 aromatic heterocycles. The van der Waals surface area contributed by atoms with E-state index >= 15 is 0 Å². The molecule has 1 aliphatic carbocycles. The molecule has 0 saturated heterocycles. The molecular formula is C17H27N3O3S. The molecule has 0 heterocycles. The van der Waals surface area contributed by atoms with E-state index in [2.05, 4.69) is 22.3 Å². The molecule has 1 aromatic rings. The fraction of sp³-hybridized carbons (Fsp3) is 0.588. The number of hydrogen-bond donors (Lipinski definition) is 3. The van der Waals surface area contributed by atoms with Gasteiger partial charge in [0.1, 0.15) is 0 Å². The molecule has 1 aromatic carbocycles. The minimum atomic E-state index is -3.59. The standard InChI is InChI=1S/C17H27N3O3S/c1-12(13-7-5-4-6-8-13)20-16-10-9-14(24(22,23)19-3)11-15(16)17(21)18-2/h9-13,19-20H,4-8H2,1-3H3,(H,18,21). The molecule has 0 spiro atoms. The number of amides is 1. The van der Waals surface area contributed by atoms with Gasteiger partial charge in [-0.25, -0.2) is 13.1 Å². The fourth-order valence-electron chi connectivity index (χ4n) is 3.25. The first-order chi connectivity index (χ1) is 11.4. The second-order valence-corrected chi connectivity index (χ2v) is 8.21. The van der Waals surface area contributed by atoms with Crippen molar-refractivity contribution in [2.24, 2.45) is 5.92 Å². The molecule has 1 unspecified atom stereocenters. The summed E-state index contributed by atoms with van der Waals surface area (Å²) in [6, 6.07) is 4.85. The van der Waals surface area contributed by atoms with Gasteiger partial charge < -0.3 is 10.6 Å². The number of carbonyl (C=O) groups excluding carboxylic acids is 1. The number of carbonyl (C=O) groups is 1. The van der Waals surface area contributed by atoms with E-state index in [1.807, 2.05) is 0 Å². The van der Waals surface area contributed by atoms with E-state index in [9.17, 15) is 13.2 Å². The molecular weight excluding hydrogens is 326 g/mol. The molecule has 6 nitrogen and oxygen atoms in total. The van der Waals surface area contributed by atoms with Crippen molar-refractivity contribution in [3.05, 3.63) is 23.8 Å². The lowest BCUT2D eigenvalue weighted by molar-refractivity contribution is 0.0963. The molecule has 1 aliphatic rings. The van der Waals surface area contributed by atoms with Gasteiger partial charge in [0, 0.05) is 18.8 Å². The molecule has 0 bridgehead atoms. The highest BCUT2D eigenvalue weighted by molar-refractivity contribution is 7.89. The highest BCUT2D eigenvalue weighted by Crippen LogP contribution is 2.29. The lowest BCUT2D eigenvalue weighted by atomic mass is 9.84. The van der Waals surface area contributed by atoms with Crippen LogP contribution < -0.4 is 15.4 Å². The maximum atomic E-state index is 12.2. The number of sulfonamides is 1. The number of benzene rings is 1. The number of hydrogen-bond acceptors (Lipinski definition) is 4. The van der Waals surface area contributed by atoms with Crippen LogP contribution >= 0.6 is 0 Å². The molecule has 24 heavy (non-hydrogen) atoms. The summed E-state index contributed by atoms with van der Waals surface area (Å²) in [5.41, 5.74) is 1.01. The van der Waals surface area contributed by atoms with Crippen LogP contribution in [0, 0.1) is 5.92 Å². The van der Waals surface area contributed by atoms with E-state index in [4.69, 9.17) is 0 Å². The van der Waals surface area contributed by atoms with Crippen molar-refractivity contribution in [1.29, 1.82) is 0 Å². The molecule has 1 amide bonds. The topological polar surface area (TPSA) is 87.3 Å². The van der Waals surface area contributed by atoms with Gasteiger partial charge in [-0.1, -0.05) is 19.3 Å². The first-order valence-electron chi connectivity index (χ1n) is 8.45. The molecule has 1 atom stereocenters. The van der Waals surface area contributed by atoms with Crippen molar-refractivity contribution in [3.63, 3.8) is 0 Å². The van der Waals surface area contributed by atoms with Crippen molar-refractivity contribution in [1.82, 2.24) is 10.0 Å².